The van der Waals surface area contributed by atoms with Crippen molar-refractivity contribution in [1.29, 1.82) is 0 Å². The Hall–Kier alpha value is -1.81. The van der Waals surface area contributed by atoms with Crippen molar-refractivity contribution in [2.45, 2.75) is 33.4 Å². The first-order valence-corrected chi connectivity index (χ1v) is 7.26. The van der Waals surface area contributed by atoms with E-state index in [1.165, 1.54) is 5.56 Å². The van der Waals surface area contributed by atoms with Crippen molar-refractivity contribution >= 4 is 0 Å². The molecule has 0 radical (unpaired) electrons. The molecule has 4 heteroatoms. The van der Waals surface area contributed by atoms with Crippen LogP contribution in [0.5, 0.6) is 5.75 Å². The molecule has 0 aliphatic carbocycles. The molecule has 1 aromatic heterocycles. The fraction of sp³-hybridized carbons (Fsp3) is 0.438. The highest BCUT2D eigenvalue weighted by Crippen LogP contribution is 2.13. The van der Waals surface area contributed by atoms with Gasteiger partial charge in [-0.05, 0) is 24.2 Å². The van der Waals surface area contributed by atoms with Gasteiger partial charge in [0, 0.05) is 25.4 Å². The lowest BCUT2D eigenvalue weighted by Crippen LogP contribution is -2.12. The van der Waals surface area contributed by atoms with Crippen molar-refractivity contribution in [1.82, 2.24) is 14.9 Å². The predicted octanol–water partition coefficient (Wildman–Crippen LogP) is 2.63. The monoisotopic (exact) mass is 273 g/mol. The number of hydrogen-bond donors (Lipinski definition) is 1. The molecule has 1 N–H and O–H groups in total. The van der Waals surface area contributed by atoms with Crippen LogP contribution in [-0.4, -0.2) is 22.7 Å². The van der Waals surface area contributed by atoms with Gasteiger partial charge in [0.05, 0.1) is 6.54 Å². The molecule has 0 fully saturated rings. The van der Waals surface area contributed by atoms with E-state index in [-0.39, 0.29) is 0 Å². The Morgan fingerprint density at radius 1 is 1.30 bits per heavy atom. The molecule has 0 aliphatic rings. The van der Waals surface area contributed by atoms with E-state index in [2.05, 4.69) is 40.8 Å². The van der Waals surface area contributed by atoms with Crippen LogP contribution in [0.25, 0.3) is 0 Å². The van der Waals surface area contributed by atoms with Gasteiger partial charge in [-0.2, -0.15) is 0 Å². The number of aryl methyl sites for hydroxylation is 1. The fourth-order valence-corrected chi connectivity index (χ4v) is 2.13. The molecule has 0 saturated carbocycles. The van der Waals surface area contributed by atoms with Crippen molar-refractivity contribution in [2.24, 2.45) is 0 Å². The first-order valence-electron chi connectivity index (χ1n) is 7.26. The van der Waals surface area contributed by atoms with Crippen molar-refractivity contribution in [3.8, 4) is 5.75 Å². The number of nitrogens with one attached hydrogen (secondary N) is 1. The fourth-order valence-electron chi connectivity index (χ4n) is 2.13. The van der Waals surface area contributed by atoms with Gasteiger partial charge in [-0.1, -0.05) is 26.0 Å². The van der Waals surface area contributed by atoms with E-state index in [0.717, 1.165) is 37.6 Å². The summed E-state index contributed by atoms with van der Waals surface area (Å²) in [7, 11) is 0. The average Bonchev–Trinajstić information content (AvgIpc) is 2.93. The summed E-state index contributed by atoms with van der Waals surface area (Å²) in [4.78, 5) is 4.31. The van der Waals surface area contributed by atoms with E-state index >= 15 is 0 Å². The summed E-state index contributed by atoms with van der Waals surface area (Å²) in [5, 5.41) is 3.32. The predicted molar refractivity (Wildman–Crippen MR) is 80.9 cm³/mol. The van der Waals surface area contributed by atoms with Gasteiger partial charge < -0.3 is 14.6 Å². The zero-order chi connectivity index (χ0) is 14.2. The molecule has 0 spiro atoms. The molecular formula is C16H23N3O. The second-order valence-electron chi connectivity index (χ2n) is 4.67. The zero-order valence-corrected chi connectivity index (χ0v) is 12.3. The van der Waals surface area contributed by atoms with Gasteiger partial charge in [-0.25, -0.2) is 4.98 Å². The first-order chi connectivity index (χ1) is 9.83. The third kappa shape index (κ3) is 4.10. The molecule has 0 unspecified atom stereocenters. The lowest BCUT2D eigenvalue weighted by Gasteiger charge is -2.10. The van der Waals surface area contributed by atoms with Gasteiger partial charge in [0.1, 0.15) is 18.2 Å². The van der Waals surface area contributed by atoms with Crippen molar-refractivity contribution < 1.29 is 4.74 Å². The second kappa shape index (κ2) is 7.70. The van der Waals surface area contributed by atoms with Gasteiger partial charge >= 0.3 is 0 Å². The minimum atomic E-state index is 0.661. The van der Waals surface area contributed by atoms with Crippen LogP contribution in [0, 0.1) is 0 Å². The lowest BCUT2D eigenvalue weighted by molar-refractivity contribution is 0.296. The lowest BCUT2D eigenvalue weighted by atomic mass is 10.2. The Morgan fingerprint density at radius 2 is 2.20 bits per heavy atom. The Labute approximate surface area is 120 Å². The third-order valence-corrected chi connectivity index (χ3v) is 3.20. The molecule has 0 bridgehead atoms. The summed E-state index contributed by atoms with van der Waals surface area (Å²) in [5.41, 5.74) is 1.25. The second-order valence-corrected chi connectivity index (χ2v) is 4.67. The van der Waals surface area contributed by atoms with Gasteiger partial charge in [-0.15, -0.1) is 0 Å². The quantitative estimate of drug-likeness (QED) is 0.803. The van der Waals surface area contributed by atoms with Gasteiger partial charge in [0.2, 0.25) is 0 Å². The number of rotatable bonds is 8. The van der Waals surface area contributed by atoms with Gasteiger partial charge in [0.15, 0.2) is 0 Å². The first kappa shape index (κ1) is 14.6. The highest BCUT2D eigenvalue weighted by atomic mass is 16.5. The standard InChI is InChI=1S/C16H23N3O/c1-3-16-18-8-9-19(16)10-11-20-15-7-5-6-14(12-15)13-17-4-2/h5-9,12,17H,3-4,10-11,13H2,1-2H3. The largest absolute Gasteiger partial charge is 0.492 e. The number of hydrogen-bond acceptors (Lipinski definition) is 3. The number of aromatic nitrogens is 2. The maximum Gasteiger partial charge on any atom is 0.119 e. The maximum atomic E-state index is 5.82. The number of imidazole rings is 1. The molecule has 20 heavy (non-hydrogen) atoms. The average molecular weight is 273 g/mol. The molecular weight excluding hydrogens is 250 g/mol. The third-order valence-electron chi connectivity index (χ3n) is 3.20. The van der Waals surface area contributed by atoms with E-state index in [1.807, 2.05) is 24.5 Å². The Balaban J connectivity index is 1.84. The Bertz CT molecular complexity index is 522. The number of benzene rings is 1. The Morgan fingerprint density at radius 3 is 3.00 bits per heavy atom. The number of ether oxygens (including phenoxy) is 1. The Kier molecular flexibility index (Phi) is 5.62. The van der Waals surface area contributed by atoms with E-state index in [9.17, 15) is 0 Å². The summed E-state index contributed by atoms with van der Waals surface area (Å²) >= 11 is 0. The summed E-state index contributed by atoms with van der Waals surface area (Å²) < 4.78 is 7.96. The highest BCUT2D eigenvalue weighted by molar-refractivity contribution is 5.28. The summed E-state index contributed by atoms with van der Waals surface area (Å²) in [6.45, 7) is 7.58. The van der Waals surface area contributed by atoms with E-state index < -0.39 is 0 Å². The van der Waals surface area contributed by atoms with Crippen LogP contribution in [0.4, 0.5) is 0 Å². The van der Waals surface area contributed by atoms with Crippen LogP contribution >= 0.6 is 0 Å². The molecule has 0 atom stereocenters. The van der Waals surface area contributed by atoms with Crippen LogP contribution in [0.15, 0.2) is 36.7 Å². The maximum absolute atomic E-state index is 5.82. The molecule has 0 saturated heterocycles. The SMILES string of the molecule is CCNCc1cccc(OCCn2ccnc2CC)c1. The summed E-state index contributed by atoms with van der Waals surface area (Å²) in [6, 6.07) is 8.25. The molecule has 0 amide bonds. The van der Waals surface area contributed by atoms with Crippen LogP contribution in [-0.2, 0) is 19.5 Å². The van der Waals surface area contributed by atoms with Crippen LogP contribution in [0.2, 0.25) is 0 Å². The van der Waals surface area contributed by atoms with Crippen molar-refractivity contribution in [2.75, 3.05) is 13.2 Å². The van der Waals surface area contributed by atoms with Gasteiger partial charge in [0.25, 0.3) is 0 Å². The smallest absolute Gasteiger partial charge is 0.119 e. The molecule has 1 heterocycles. The molecule has 1 aromatic carbocycles. The van der Waals surface area contributed by atoms with E-state index in [1.54, 1.807) is 0 Å². The zero-order valence-electron chi connectivity index (χ0n) is 12.3. The molecule has 0 aliphatic heterocycles. The van der Waals surface area contributed by atoms with Crippen LogP contribution in [0.1, 0.15) is 25.2 Å². The number of nitrogens with zero attached hydrogens (tertiary/aromatic N) is 2. The minimum Gasteiger partial charge on any atom is -0.492 e. The highest BCUT2D eigenvalue weighted by Gasteiger charge is 2.01. The van der Waals surface area contributed by atoms with Crippen LogP contribution < -0.4 is 10.1 Å². The molecule has 2 rings (SSSR count). The molecule has 4 nitrogen and oxygen atoms in total. The van der Waals surface area contributed by atoms with Crippen molar-refractivity contribution in [3.05, 3.63) is 48.0 Å². The van der Waals surface area contributed by atoms with Crippen LogP contribution in [0.3, 0.4) is 0 Å². The molecule has 2 aromatic rings. The topological polar surface area (TPSA) is 39.1 Å². The normalized spacial score (nSPS) is 10.7. The van der Waals surface area contributed by atoms with Crippen molar-refractivity contribution in [3.63, 3.8) is 0 Å². The van der Waals surface area contributed by atoms with E-state index in [0.29, 0.717) is 6.61 Å². The molecule has 108 valence electrons. The van der Waals surface area contributed by atoms with E-state index in [4.69, 9.17) is 4.74 Å². The summed E-state index contributed by atoms with van der Waals surface area (Å²) in [5.74, 6) is 2.04. The minimum absolute atomic E-state index is 0.661. The van der Waals surface area contributed by atoms with Gasteiger partial charge in [-0.3, -0.25) is 0 Å². The summed E-state index contributed by atoms with van der Waals surface area (Å²) in [6.07, 6.45) is 4.80.